The predicted molar refractivity (Wildman–Crippen MR) is 97.5 cm³/mol. The Bertz CT molecular complexity index is 652. The number of aliphatic hydroxyl groups is 1. The van der Waals surface area contributed by atoms with Crippen molar-refractivity contribution in [3.63, 3.8) is 0 Å². The van der Waals surface area contributed by atoms with Gasteiger partial charge >= 0.3 is 0 Å². The van der Waals surface area contributed by atoms with Gasteiger partial charge in [-0.25, -0.2) is 13.4 Å². The fourth-order valence-corrected chi connectivity index (χ4v) is 2.35. The minimum absolute atomic E-state index is 0.00654. The number of furan rings is 1. The van der Waals surface area contributed by atoms with E-state index in [-0.39, 0.29) is 18.9 Å². The SMILES string of the molecule is CCNC(=NCC(C)(O)c1ccc(C)o1)NCCOCCS(C)(=O)=O. The molecule has 1 unspecified atom stereocenters. The summed E-state index contributed by atoms with van der Waals surface area (Å²) in [5, 5.41) is 16.6. The highest BCUT2D eigenvalue weighted by Gasteiger charge is 2.26. The van der Waals surface area contributed by atoms with Crippen LogP contribution in [0, 0.1) is 6.92 Å². The number of hydrogen-bond donors (Lipinski definition) is 3. The molecule has 0 aliphatic rings. The summed E-state index contributed by atoms with van der Waals surface area (Å²) in [6.45, 7) is 7.19. The van der Waals surface area contributed by atoms with E-state index in [1.54, 1.807) is 19.1 Å². The lowest BCUT2D eigenvalue weighted by Crippen LogP contribution is -2.40. The molecule has 0 aromatic carbocycles. The van der Waals surface area contributed by atoms with Gasteiger partial charge in [0.05, 0.1) is 25.5 Å². The smallest absolute Gasteiger partial charge is 0.191 e. The number of hydrogen-bond acceptors (Lipinski definition) is 6. The third-order valence-corrected chi connectivity index (χ3v) is 4.21. The van der Waals surface area contributed by atoms with Crippen LogP contribution in [0.2, 0.25) is 0 Å². The third-order valence-electron chi connectivity index (χ3n) is 3.30. The molecule has 0 radical (unpaired) electrons. The van der Waals surface area contributed by atoms with Gasteiger partial charge in [-0.05, 0) is 32.9 Å². The molecule has 8 nitrogen and oxygen atoms in total. The predicted octanol–water partition coefficient (Wildman–Crippen LogP) is 0.412. The standard InChI is InChI=1S/C16H29N3O5S/c1-5-17-15(18-8-9-23-10-11-25(4,21)22)19-12-16(3,20)14-7-6-13(2)24-14/h6-7,20H,5,8-12H2,1-4H3,(H2,17,18,19). The van der Waals surface area contributed by atoms with Gasteiger partial charge < -0.3 is 24.9 Å². The van der Waals surface area contributed by atoms with Crippen molar-refractivity contribution >= 4 is 15.8 Å². The second-order valence-electron chi connectivity index (χ2n) is 6.05. The van der Waals surface area contributed by atoms with Crippen molar-refractivity contribution in [1.29, 1.82) is 0 Å². The summed E-state index contributed by atoms with van der Waals surface area (Å²) in [7, 11) is -3.00. The average Bonchev–Trinajstić information content (AvgIpc) is 2.94. The first-order chi connectivity index (χ1) is 11.6. The summed E-state index contributed by atoms with van der Waals surface area (Å²) >= 11 is 0. The second kappa shape index (κ2) is 9.79. The van der Waals surface area contributed by atoms with Crippen LogP contribution in [-0.4, -0.2) is 64.3 Å². The molecule has 0 bridgehead atoms. The summed E-state index contributed by atoms with van der Waals surface area (Å²) in [4.78, 5) is 4.36. The Labute approximate surface area is 149 Å². The van der Waals surface area contributed by atoms with E-state index < -0.39 is 15.4 Å². The topological polar surface area (TPSA) is 113 Å². The molecule has 144 valence electrons. The van der Waals surface area contributed by atoms with Crippen LogP contribution in [0.1, 0.15) is 25.4 Å². The number of aryl methyl sites for hydroxylation is 1. The highest BCUT2D eigenvalue weighted by Crippen LogP contribution is 2.22. The van der Waals surface area contributed by atoms with Gasteiger partial charge in [-0.2, -0.15) is 0 Å². The number of ether oxygens (including phenoxy) is 1. The maximum atomic E-state index is 11.0. The maximum absolute atomic E-state index is 11.0. The molecule has 0 spiro atoms. The molecule has 0 fully saturated rings. The molecule has 1 aromatic rings. The summed E-state index contributed by atoms with van der Waals surface area (Å²) in [6.07, 6.45) is 1.18. The van der Waals surface area contributed by atoms with Gasteiger partial charge in [0.1, 0.15) is 27.0 Å². The molecule has 1 aromatic heterocycles. The molecule has 0 aliphatic carbocycles. The van der Waals surface area contributed by atoms with E-state index in [0.717, 1.165) is 5.76 Å². The van der Waals surface area contributed by atoms with Crippen LogP contribution in [0.15, 0.2) is 21.5 Å². The molecule has 0 aliphatic heterocycles. The summed E-state index contributed by atoms with van der Waals surface area (Å²) in [5.74, 6) is 1.74. The minimum atomic E-state index is -3.00. The van der Waals surface area contributed by atoms with Crippen molar-refractivity contribution in [2.45, 2.75) is 26.4 Å². The van der Waals surface area contributed by atoms with Crippen LogP contribution in [0.25, 0.3) is 0 Å². The van der Waals surface area contributed by atoms with Gasteiger partial charge in [0.2, 0.25) is 0 Å². The fourth-order valence-electron chi connectivity index (χ4n) is 1.93. The number of rotatable bonds is 10. The van der Waals surface area contributed by atoms with Crippen molar-refractivity contribution in [3.05, 3.63) is 23.7 Å². The second-order valence-corrected chi connectivity index (χ2v) is 8.31. The van der Waals surface area contributed by atoms with Crippen molar-refractivity contribution in [2.75, 3.05) is 44.9 Å². The molecule has 1 heterocycles. The maximum Gasteiger partial charge on any atom is 0.191 e. The summed E-state index contributed by atoms with van der Waals surface area (Å²) in [6, 6.07) is 3.53. The number of aliphatic imine (C=N–C) groups is 1. The van der Waals surface area contributed by atoms with Gasteiger partial charge in [-0.1, -0.05) is 0 Å². The molecule has 3 N–H and O–H groups in total. The average molecular weight is 375 g/mol. The van der Waals surface area contributed by atoms with Crippen LogP contribution in [0.3, 0.4) is 0 Å². The Hall–Kier alpha value is -1.58. The molecule has 0 saturated heterocycles. The van der Waals surface area contributed by atoms with Crippen LogP contribution in [0.4, 0.5) is 0 Å². The van der Waals surface area contributed by atoms with E-state index in [9.17, 15) is 13.5 Å². The zero-order valence-electron chi connectivity index (χ0n) is 15.3. The quantitative estimate of drug-likeness (QED) is 0.308. The number of nitrogens with zero attached hydrogens (tertiary/aromatic N) is 1. The largest absolute Gasteiger partial charge is 0.463 e. The van der Waals surface area contributed by atoms with Gasteiger partial charge in [0, 0.05) is 19.3 Å². The zero-order chi connectivity index (χ0) is 18.9. The third kappa shape index (κ3) is 8.89. The molecular weight excluding hydrogens is 346 g/mol. The van der Waals surface area contributed by atoms with Crippen molar-refractivity contribution in [3.8, 4) is 0 Å². The minimum Gasteiger partial charge on any atom is -0.463 e. The number of sulfone groups is 1. The lowest BCUT2D eigenvalue weighted by Gasteiger charge is -2.19. The Kier molecular flexibility index (Phi) is 8.40. The number of nitrogens with one attached hydrogen (secondary N) is 2. The van der Waals surface area contributed by atoms with E-state index in [1.165, 1.54) is 6.26 Å². The van der Waals surface area contributed by atoms with Gasteiger partial charge in [0.15, 0.2) is 5.96 Å². The molecule has 1 rings (SSSR count). The Morgan fingerprint density at radius 3 is 2.64 bits per heavy atom. The highest BCUT2D eigenvalue weighted by molar-refractivity contribution is 7.90. The van der Waals surface area contributed by atoms with Gasteiger partial charge in [-0.15, -0.1) is 0 Å². The molecule has 0 saturated carbocycles. The Balaban J connectivity index is 2.45. The normalized spacial score (nSPS) is 15.0. The van der Waals surface area contributed by atoms with E-state index in [0.29, 0.717) is 31.4 Å². The van der Waals surface area contributed by atoms with E-state index in [4.69, 9.17) is 9.15 Å². The Morgan fingerprint density at radius 1 is 1.36 bits per heavy atom. The Morgan fingerprint density at radius 2 is 2.08 bits per heavy atom. The summed E-state index contributed by atoms with van der Waals surface area (Å²) in [5.41, 5.74) is -1.21. The molecule has 0 amide bonds. The van der Waals surface area contributed by atoms with Gasteiger partial charge in [0.25, 0.3) is 0 Å². The van der Waals surface area contributed by atoms with Crippen molar-refractivity contribution < 1.29 is 22.7 Å². The lowest BCUT2D eigenvalue weighted by atomic mass is 10.0. The van der Waals surface area contributed by atoms with E-state index in [1.807, 2.05) is 13.8 Å². The molecular formula is C16H29N3O5S. The van der Waals surface area contributed by atoms with Crippen molar-refractivity contribution in [2.24, 2.45) is 4.99 Å². The van der Waals surface area contributed by atoms with E-state index in [2.05, 4.69) is 15.6 Å². The monoisotopic (exact) mass is 375 g/mol. The lowest BCUT2D eigenvalue weighted by molar-refractivity contribution is 0.0428. The first-order valence-corrected chi connectivity index (χ1v) is 10.3. The van der Waals surface area contributed by atoms with Crippen LogP contribution in [0.5, 0.6) is 0 Å². The summed E-state index contributed by atoms with van der Waals surface area (Å²) < 4.78 is 32.7. The highest BCUT2D eigenvalue weighted by atomic mass is 32.2. The first-order valence-electron chi connectivity index (χ1n) is 8.21. The van der Waals surface area contributed by atoms with E-state index >= 15 is 0 Å². The fraction of sp³-hybridized carbons (Fsp3) is 0.688. The molecule has 1 atom stereocenters. The zero-order valence-corrected chi connectivity index (χ0v) is 16.1. The van der Waals surface area contributed by atoms with Crippen molar-refractivity contribution in [1.82, 2.24) is 10.6 Å². The molecule has 25 heavy (non-hydrogen) atoms. The first kappa shape index (κ1) is 21.5. The van der Waals surface area contributed by atoms with Gasteiger partial charge in [-0.3, -0.25) is 0 Å². The van der Waals surface area contributed by atoms with Crippen LogP contribution < -0.4 is 10.6 Å². The molecule has 9 heteroatoms. The number of guanidine groups is 1. The van der Waals surface area contributed by atoms with Crippen LogP contribution >= 0.6 is 0 Å². The van der Waals surface area contributed by atoms with Crippen LogP contribution in [-0.2, 0) is 20.2 Å².